The molecule has 16 nitrogen and oxygen atoms in total. The van der Waals surface area contributed by atoms with Crippen molar-refractivity contribution in [3.8, 4) is 28.3 Å². The van der Waals surface area contributed by atoms with Crippen molar-refractivity contribution in [3.63, 3.8) is 0 Å². The topological polar surface area (TPSA) is 208 Å². The Morgan fingerprint density at radius 3 is 1.90 bits per heavy atom. The molecular formula is C47H58N8O8. The molecule has 5 N–H and O–H groups in total. The second-order valence-corrected chi connectivity index (χ2v) is 15.6. The van der Waals surface area contributed by atoms with Crippen LogP contribution < -0.4 is 37.3 Å². The number of unbranched alkanes of at least 4 members (excludes halogenated alkanes) is 3. The van der Waals surface area contributed by atoms with Crippen LogP contribution in [0.3, 0.4) is 0 Å². The van der Waals surface area contributed by atoms with Crippen molar-refractivity contribution in [1.29, 1.82) is 0 Å². The van der Waals surface area contributed by atoms with Crippen LogP contribution >= 0.6 is 0 Å². The number of amides is 4. The lowest BCUT2D eigenvalue weighted by Crippen LogP contribution is -2.40. The summed E-state index contributed by atoms with van der Waals surface area (Å²) in [5.41, 5.74) is 5.23. The van der Waals surface area contributed by atoms with E-state index in [2.05, 4.69) is 55.5 Å². The first-order chi connectivity index (χ1) is 30.7. The predicted molar refractivity (Wildman–Crippen MR) is 241 cm³/mol. The highest BCUT2D eigenvalue weighted by Crippen LogP contribution is 2.44. The molecule has 0 unspecified atom stereocenters. The summed E-state index contributed by atoms with van der Waals surface area (Å²) >= 11 is 0. The fourth-order valence-corrected chi connectivity index (χ4v) is 7.70. The molecule has 0 saturated carbocycles. The average Bonchev–Trinajstić information content (AvgIpc) is 3.88. The highest BCUT2D eigenvalue weighted by molar-refractivity contribution is 5.80. The summed E-state index contributed by atoms with van der Waals surface area (Å²) in [6.07, 6.45) is 5.14. The normalized spacial score (nSPS) is 11.8. The smallest absolute Gasteiger partial charge is 0.407 e. The standard InChI is InChI=1S/C47H58N8O8/c1-3-28-54-44-42(45(59)55(29-4-2)47(54)61)52-43(53-44)32-20-22-33(23-21-32)62-31-41(58)50-27-26-49-40(57)19-11-13-24-48-39(56)18-6-5-12-25-51-46(60)63-30-38-36-16-9-7-14-34(36)35-15-8-10-17-37(35)38/h7-10,14-17,20-23,38H,3-6,11-13,18-19,24-31H2,1-2H3,(H,48,56)(H,49,57)(H,50,58)(H,51,60)(H,52,53). The first-order valence-electron chi connectivity index (χ1n) is 22.0. The van der Waals surface area contributed by atoms with E-state index in [0.29, 0.717) is 93.9 Å². The molecule has 0 spiro atoms. The highest BCUT2D eigenvalue weighted by atomic mass is 16.5. The number of aromatic amines is 1. The van der Waals surface area contributed by atoms with Crippen LogP contribution in [0.5, 0.6) is 5.75 Å². The maximum atomic E-state index is 13.0. The molecule has 0 fully saturated rings. The zero-order valence-electron chi connectivity index (χ0n) is 36.1. The number of nitrogens with zero attached hydrogens (tertiary/aromatic N) is 3. The van der Waals surface area contributed by atoms with Crippen LogP contribution in [-0.2, 0) is 32.2 Å². The van der Waals surface area contributed by atoms with E-state index in [4.69, 9.17) is 9.47 Å². The van der Waals surface area contributed by atoms with Crippen LogP contribution in [0.4, 0.5) is 4.79 Å². The van der Waals surface area contributed by atoms with Gasteiger partial charge in [-0.3, -0.25) is 28.3 Å². The molecule has 0 saturated heterocycles. The van der Waals surface area contributed by atoms with Gasteiger partial charge < -0.3 is 35.7 Å². The van der Waals surface area contributed by atoms with E-state index in [9.17, 15) is 28.8 Å². The molecule has 4 amide bonds. The summed E-state index contributed by atoms with van der Waals surface area (Å²) < 4.78 is 14.0. The van der Waals surface area contributed by atoms with Gasteiger partial charge in [-0.25, -0.2) is 14.6 Å². The first-order valence-corrected chi connectivity index (χ1v) is 22.0. The summed E-state index contributed by atoms with van der Waals surface area (Å²) in [5.74, 6) is 0.400. The largest absolute Gasteiger partial charge is 0.484 e. The number of alkyl carbamates (subject to hydrolysis) is 1. The van der Waals surface area contributed by atoms with Crippen LogP contribution in [0.2, 0.25) is 0 Å². The minimum absolute atomic E-state index is 0.0162. The average molecular weight is 863 g/mol. The van der Waals surface area contributed by atoms with Crippen LogP contribution in [0.15, 0.2) is 82.4 Å². The molecule has 16 heteroatoms. The Morgan fingerprint density at radius 2 is 1.24 bits per heavy atom. The number of carbonyl (C=O) groups excluding carboxylic acids is 4. The van der Waals surface area contributed by atoms with Crippen molar-refractivity contribution in [2.75, 3.05) is 39.4 Å². The molecule has 63 heavy (non-hydrogen) atoms. The second-order valence-electron chi connectivity index (χ2n) is 15.6. The van der Waals surface area contributed by atoms with Gasteiger partial charge in [-0.05, 0) is 85.0 Å². The summed E-state index contributed by atoms with van der Waals surface area (Å²) in [6.45, 7) is 6.15. The van der Waals surface area contributed by atoms with Crippen molar-refractivity contribution < 1.29 is 28.7 Å². The third kappa shape index (κ3) is 12.2. The molecule has 0 bridgehead atoms. The molecule has 334 valence electrons. The minimum atomic E-state index is -0.441. The SMILES string of the molecule is CCCn1c(=O)c2[nH]c(-c3ccc(OCC(=O)NCCNC(=O)CCCCNC(=O)CCCCCNC(=O)OCC4c5ccccc5-c5ccccc54)cc3)nc2n(CCC)c1=O. The van der Waals surface area contributed by atoms with Gasteiger partial charge >= 0.3 is 11.8 Å². The number of aromatic nitrogens is 4. The van der Waals surface area contributed by atoms with Crippen molar-refractivity contribution in [3.05, 3.63) is 105 Å². The second kappa shape index (κ2) is 22.9. The fourth-order valence-electron chi connectivity index (χ4n) is 7.70. The number of carbonyl (C=O) groups is 4. The van der Waals surface area contributed by atoms with Crippen LogP contribution in [0.25, 0.3) is 33.7 Å². The van der Waals surface area contributed by atoms with Crippen molar-refractivity contribution in [2.24, 2.45) is 0 Å². The number of rotatable bonds is 24. The summed E-state index contributed by atoms with van der Waals surface area (Å²) in [7, 11) is 0. The number of hydrogen-bond acceptors (Lipinski definition) is 9. The number of H-pyrrole nitrogens is 1. The Labute approximate surface area is 366 Å². The third-order valence-electron chi connectivity index (χ3n) is 10.9. The van der Waals surface area contributed by atoms with Gasteiger partial charge in [0.1, 0.15) is 23.7 Å². The molecule has 6 rings (SSSR count). The van der Waals surface area contributed by atoms with Gasteiger partial charge in [0.05, 0.1) is 0 Å². The van der Waals surface area contributed by atoms with Crippen LogP contribution in [0, 0.1) is 0 Å². The van der Waals surface area contributed by atoms with Crippen LogP contribution in [-0.4, -0.2) is 82.3 Å². The van der Waals surface area contributed by atoms with Gasteiger partial charge in [0.25, 0.3) is 11.5 Å². The number of ether oxygens (including phenoxy) is 2. The first kappa shape index (κ1) is 45.8. The lowest BCUT2D eigenvalue weighted by molar-refractivity contribution is -0.124. The van der Waals surface area contributed by atoms with E-state index >= 15 is 0 Å². The Morgan fingerprint density at radius 1 is 0.667 bits per heavy atom. The summed E-state index contributed by atoms with van der Waals surface area (Å²) in [4.78, 5) is 82.9. The zero-order chi connectivity index (χ0) is 44.6. The van der Waals surface area contributed by atoms with E-state index in [0.717, 1.165) is 12.8 Å². The van der Waals surface area contributed by atoms with Gasteiger partial charge in [-0.15, -0.1) is 0 Å². The van der Waals surface area contributed by atoms with Gasteiger partial charge in [0.2, 0.25) is 11.8 Å². The molecule has 1 aliphatic carbocycles. The summed E-state index contributed by atoms with van der Waals surface area (Å²) in [5, 5.41) is 11.2. The lowest BCUT2D eigenvalue weighted by atomic mass is 9.98. The monoisotopic (exact) mass is 862 g/mol. The number of hydrogen-bond donors (Lipinski definition) is 5. The number of aryl methyl sites for hydroxylation is 1. The minimum Gasteiger partial charge on any atom is -0.484 e. The summed E-state index contributed by atoms with van der Waals surface area (Å²) in [6, 6.07) is 23.3. The van der Waals surface area contributed by atoms with E-state index in [-0.39, 0.29) is 61.1 Å². The molecular weight excluding hydrogens is 805 g/mol. The Bertz CT molecular complexity index is 2430. The van der Waals surface area contributed by atoms with Crippen molar-refractivity contribution in [2.45, 2.75) is 90.6 Å². The third-order valence-corrected chi connectivity index (χ3v) is 10.9. The van der Waals surface area contributed by atoms with E-state index in [1.165, 1.54) is 31.4 Å². The van der Waals surface area contributed by atoms with Crippen molar-refractivity contribution in [1.82, 2.24) is 40.4 Å². The molecule has 1 aliphatic rings. The molecule has 2 heterocycles. The Hall–Kier alpha value is -6.71. The number of fused-ring (bicyclic) bond motifs is 4. The number of nitrogens with one attached hydrogen (secondary N) is 5. The quantitative estimate of drug-likeness (QED) is 0.0505. The molecule has 3 aromatic carbocycles. The van der Waals surface area contributed by atoms with E-state index in [1.54, 1.807) is 24.3 Å². The molecule has 5 aromatic rings. The highest BCUT2D eigenvalue weighted by Gasteiger charge is 2.29. The van der Waals surface area contributed by atoms with E-state index < -0.39 is 11.7 Å². The maximum absolute atomic E-state index is 13.0. The van der Waals surface area contributed by atoms with Crippen molar-refractivity contribution >= 4 is 35.0 Å². The van der Waals surface area contributed by atoms with E-state index in [1.807, 2.05) is 38.1 Å². The number of imidazole rings is 1. The molecule has 0 atom stereocenters. The Balaban J connectivity index is 0.762. The predicted octanol–water partition coefficient (Wildman–Crippen LogP) is 5.37. The molecule has 0 aliphatic heterocycles. The molecule has 0 radical (unpaired) electrons. The van der Waals surface area contributed by atoms with Crippen LogP contribution in [0.1, 0.15) is 88.7 Å². The van der Waals surface area contributed by atoms with Gasteiger partial charge in [-0.2, -0.15) is 0 Å². The van der Waals surface area contributed by atoms with Gasteiger partial charge in [-0.1, -0.05) is 68.8 Å². The lowest BCUT2D eigenvalue weighted by Gasteiger charge is -2.14. The molecule has 2 aromatic heterocycles. The zero-order valence-corrected chi connectivity index (χ0v) is 36.1. The number of benzene rings is 3. The maximum Gasteiger partial charge on any atom is 0.407 e. The Kier molecular flexibility index (Phi) is 16.7. The van der Waals surface area contributed by atoms with Gasteiger partial charge in [0.15, 0.2) is 12.3 Å². The fraction of sp³-hybridized carbons (Fsp3) is 0.426. The van der Waals surface area contributed by atoms with Gasteiger partial charge in [0, 0.05) is 63.6 Å².